The molecule has 1 unspecified atom stereocenters. The molecule has 0 saturated carbocycles. The molecule has 4 amide bonds. The fraction of sp³-hybridized carbons (Fsp3) is 0.309. The van der Waals surface area contributed by atoms with Gasteiger partial charge >= 0.3 is 12.2 Å². The van der Waals surface area contributed by atoms with Crippen LogP contribution in [0.5, 0.6) is 23.0 Å². The van der Waals surface area contributed by atoms with Gasteiger partial charge in [0.2, 0.25) is 0 Å². The summed E-state index contributed by atoms with van der Waals surface area (Å²) >= 11 is 3.19. The Morgan fingerprint density at radius 3 is 1.75 bits per heavy atom. The molecule has 18 heteroatoms. The van der Waals surface area contributed by atoms with Gasteiger partial charge in [-0.05, 0) is 98.1 Å². The van der Waals surface area contributed by atoms with Crippen molar-refractivity contribution in [3.05, 3.63) is 153 Å². The van der Waals surface area contributed by atoms with Gasteiger partial charge in [0.1, 0.15) is 26.4 Å². The Kier molecular flexibility index (Phi) is 17.0. The number of benzene rings is 3. The lowest BCUT2D eigenvalue weighted by atomic mass is 9.94. The van der Waals surface area contributed by atoms with Crippen molar-refractivity contribution in [1.82, 2.24) is 9.80 Å². The zero-order valence-corrected chi connectivity index (χ0v) is 43.0. The molecular formula is C55H58N4O12S2. The zero-order chi connectivity index (χ0) is 51.6. The van der Waals surface area contributed by atoms with Crippen LogP contribution >= 0.6 is 22.7 Å². The smallest absolute Gasteiger partial charge is 0.416 e. The second kappa shape index (κ2) is 23.9. The summed E-state index contributed by atoms with van der Waals surface area (Å²) in [5.74, 6) is 0.672. The van der Waals surface area contributed by atoms with Gasteiger partial charge in [-0.25, -0.2) is 14.5 Å². The molecule has 3 aromatic carbocycles. The maximum atomic E-state index is 14.5. The largest absolute Gasteiger partial charge is 0.493 e. The fourth-order valence-corrected chi connectivity index (χ4v) is 10.7. The van der Waals surface area contributed by atoms with E-state index in [1.54, 1.807) is 71.0 Å². The number of carbonyl (C=O) groups excluding carboxylic acids is 4. The van der Waals surface area contributed by atoms with Crippen LogP contribution < -0.4 is 28.7 Å². The van der Waals surface area contributed by atoms with Crippen LogP contribution in [-0.4, -0.2) is 121 Å². The van der Waals surface area contributed by atoms with Crippen LogP contribution in [-0.2, 0) is 32.2 Å². The molecule has 4 aliphatic rings. The summed E-state index contributed by atoms with van der Waals surface area (Å²) in [7, 11) is 7.75. The molecule has 0 aliphatic carbocycles. The molecule has 5 aromatic rings. The van der Waals surface area contributed by atoms with Crippen LogP contribution in [0.4, 0.5) is 21.0 Å². The van der Waals surface area contributed by atoms with Crippen LogP contribution in [0.1, 0.15) is 55.8 Å². The molecule has 16 nitrogen and oxygen atoms in total. The molecule has 9 rings (SSSR count). The van der Waals surface area contributed by atoms with Gasteiger partial charge in [-0.2, -0.15) is 22.7 Å². The van der Waals surface area contributed by atoms with Crippen LogP contribution in [0.2, 0.25) is 0 Å². The Labute approximate surface area is 432 Å². The minimum Gasteiger partial charge on any atom is -0.493 e. The van der Waals surface area contributed by atoms with E-state index in [4.69, 9.17) is 33.2 Å². The normalized spacial score (nSPS) is 17.9. The number of anilines is 2. The highest BCUT2D eigenvalue weighted by Gasteiger charge is 2.46. The van der Waals surface area contributed by atoms with Crippen molar-refractivity contribution in [3.8, 4) is 23.0 Å². The van der Waals surface area contributed by atoms with Gasteiger partial charge in [0.25, 0.3) is 11.8 Å². The summed E-state index contributed by atoms with van der Waals surface area (Å²) in [4.78, 5) is 62.9. The number of methoxy groups -OCH3 is 4. The van der Waals surface area contributed by atoms with Crippen molar-refractivity contribution in [2.45, 2.75) is 44.4 Å². The number of fused-ring (bicyclic) bond motifs is 4. The quantitative estimate of drug-likeness (QED) is 0.0917. The summed E-state index contributed by atoms with van der Waals surface area (Å²) in [6.07, 6.45) is 5.84. The lowest BCUT2D eigenvalue weighted by Crippen LogP contribution is -2.55. The molecule has 0 spiro atoms. The lowest BCUT2D eigenvalue weighted by Gasteiger charge is -2.40. The van der Waals surface area contributed by atoms with Crippen molar-refractivity contribution in [1.29, 1.82) is 0 Å². The molecule has 4 aliphatic heterocycles. The van der Waals surface area contributed by atoms with E-state index in [2.05, 4.69) is 40.8 Å². The number of hydrogen-bond donors (Lipinski definition) is 0. The summed E-state index contributed by atoms with van der Waals surface area (Å²) < 4.78 is 45.9. The monoisotopic (exact) mass is 1030 g/mol. The first-order valence-corrected chi connectivity index (χ1v) is 25.3. The van der Waals surface area contributed by atoms with Crippen molar-refractivity contribution in [2.75, 3.05) is 78.2 Å². The fourth-order valence-electron chi connectivity index (χ4n) is 9.35. The number of nitrogens with zero attached hydrogens (tertiary/aromatic N) is 4. The van der Waals surface area contributed by atoms with Crippen molar-refractivity contribution < 1.29 is 57.1 Å². The van der Waals surface area contributed by atoms with E-state index in [0.717, 1.165) is 33.4 Å². The number of ether oxygens (including phenoxy) is 8. The average molecular weight is 1030 g/mol. The molecule has 0 fully saturated rings. The molecule has 6 heterocycles. The van der Waals surface area contributed by atoms with Gasteiger partial charge in [0, 0.05) is 46.6 Å². The Morgan fingerprint density at radius 2 is 1.21 bits per heavy atom. The van der Waals surface area contributed by atoms with Crippen molar-refractivity contribution in [2.24, 2.45) is 0 Å². The van der Waals surface area contributed by atoms with Crippen LogP contribution in [0.3, 0.4) is 0 Å². The zero-order valence-electron chi connectivity index (χ0n) is 41.4. The Bertz CT molecular complexity index is 2880. The van der Waals surface area contributed by atoms with Gasteiger partial charge in [-0.1, -0.05) is 55.7 Å². The maximum Gasteiger partial charge on any atom is 0.416 e. The first kappa shape index (κ1) is 52.0. The third-order valence-corrected chi connectivity index (χ3v) is 14.1. The van der Waals surface area contributed by atoms with Crippen molar-refractivity contribution >= 4 is 69.2 Å². The van der Waals surface area contributed by atoms with Crippen molar-refractivity contribution in [3.63, 3.8) is 0 Å². The van der Waals surface area contributed by atoms with Gasteiger partial charge in [-0.3, -0.25) is 14.5 Å². The molecule has 382 valence electrons. The van der Waals surface area contributed by atoms with Crippen LogP contribution in [0, 0.1) is 0 Å². The summed E-state index contributed by atoms with van der Waals surface area (Å²) in [6.45, 7) is 8.40. The highest BCUT2D eigenvalue weighted by Crippen LogP contribution is 2.44. The minimum absolute atomic E-state index is 0.00261. The van der Waals surface area contributed by atoms with Gasteiger partial charge in [-0.15, -0.1) is 0 Å². The Hall–Kier alpha value is -7.38. The SMILES string of the molecule is C=CCOC(=O)N1C[C@@H]2CC(c3ccsc3)=CCN2C(=O)c2cc(OC)c(OCc3cccc(COc4cc5c(cc4OC)C(=O)N4CC=C(c6ccsc6)CC4[C@H](OC)N5C(=O)OCC=C)c3)cc21.COC. The number of amides is 4. The predicted molar refractivity (Wildman–Crippen MR) is 281 cm³/mol. The topological polar surface area (TPSA) is 155 Å². The number of hydrogen-bond acceptors (Lipinski definition) is 14. The molecule has 0 bridgehead atoms. The Balaban J connectivity index is 0.00000231. The van der Waals surface area contributed by atoms with Gasteiger partial charge < -0.3 is 47.7 Å². The van der Waals surface area contributed by atoms with E-state index in [1.807, 2.05) is 47.2 Å². The van der Waals surface area contributed by atoms with E-state index in [1.165, 1.54) is 43.3 Å². The Morgan fingerprint density at radius 1 is 0.671 bits per heavy atom. The summed E-state index contributed by atoms with van der Waals surface area (Å²) in [6, 6.07) is 17.3. The number of thiophene rings is 2. The minimum atomic E-state index is -0.917. The summed E-state index contributed by atoms with van der Waals surface area (Å²) in [5, 5.41) is 8.17. The number of rotatable bonds is 15. The van der Waals surface area contributed by atoms with E-state index in [0.29, 0.717) is 43.1 Å². The second-order valence-electron chi connectivity index (χ2n) is 17.2. The molecule has 0 N–H and O–H groups in total. The highest BCUT2D eigenvalue weighted by molar-refractivity contribution is 7.08. The second-order valence-corrected chi connectivity index (χ2v) is 18.8. The molecule has 0 radical (unpaired) electrons. The van der Waals surface area contributed by atoms with Gasteiger partial charge in [0.05, 0.1) is 55.3 Å². The molecule has 73 heavy (non-hydrogen) atoms. The molecule has 2 aromatic heterocycles. The molecular weight excluding hydrogens is 973 g/mol. The van der Waals surface area contributed by atoms with E-state index in [-0.39, 0.29) is 79.1 Å². The number of carbonyl (C=O) groups is 4. The molecule has 3 atom stereocenters. The first-order valence-electron chi connectivity index (χ1n) is 23.4. The molecule has 0 saturated heterocycles. The third kappa shape index (κ3) is 11.2. The predicted octanol–water partition coefficient (Wildman–Crippen LogP) is 10.1. The van der Waals surface area contributed by atoms with Gasteiger partial charge in [0.15, 0.2) is 29.2 Å². The van der Waals surface area contributed by atoms with Crippen LogP contribution in [0.15, 0.2) is 120 Å². The first-order chi connectivity index (χ1) is 35.5. The maximum absolute atomic E-state index is 14.5. The summed E-state index contributed by atoms with van der Waals surface area (Å²) in [5.41, 5.74) is 7.00. The highest BCUT2D eigenvalue weighted by atomic mass is 32.1. The van der Waals surface area contributed by atoms with E-state index < -0.39 is 24.5 Å². The average Bonchev–Trinajstić information content (AvgIpc) is 4.14. The van der Waals surface area contributed by atoms with Crippen LogP contribution in [0.25, 0.3) is 11.1 Å². The van der Waals surface area contributed by atoms with E-state index in [9.17, 15) is 19.2 Å². The standard InChI is InChI=1S/C53H52N4O11S2.C2H6O/c1-6-17-65-52(60)56-28-39-22-35(37-13-19-69-31-37)11-15-54(39)49(58)40-24-45(62-3)47(26-42(40)56)67-29-33-9-8-10-34(21-33)30-68-48-27-43-41(25-46(48)63-4)50(59)55-16-12-36(38-14-20-70-32-38)23-44(55)51(64-5)57(43)53(61)66-18-7-2;1-3-2/h6-14,19-21,24-27,31-32,39,44,51H,1-2,15-18,22-23,28-30H2,3-5H3;1-2H3/t39-,44?,51-;/m0./s1. The lowest BCUT2D eigenvalue weighted by molar-refractivity contribution is 0.0175. The third-order valence-electron chi connectivity index (χ3n) is 12.7. The van der Waals surface area contributed by atoms with E-state index >= 15 is 0 Å².